The van der Waals surface area contributed by atoms with Gasteiger partial charge in [-0.2, -0.15) is 0 Å². The fourth-order valence-electron chi connectivity index (χ4n) is 2.75. The molecule has 1 rings (SSSR count). The molecule has 3 N–H and O–H groups in total. The highest BCUT2D eigenvalue weighted by Crippen LogP contribution is 2.17. The molecule has 134 valence electrons. The van der Waals surface area contributed by atoms with Crippen LogP contribution in [0.3, 0.4) is 0 Å². The monoisotopic (exact) mass is 347 g/mol. The van der Waals surface area contributed by atoms with Crippen molar-refractivity contribution in [3.8, 4) is 0 Å². The van der Waals surface area contributed by atoms with Crippen molar-refractivity contribution in [2.24, 2.45) is 17.6 Å². The lowest BCUT2D eigenvalue weighted by atomic mass is 9.97. The number of hydrogen-bond acceptors (Lipinski definition) is 5. The molecule has 2 amide bonds. The predicted octanol–water partition coefficient (Wildman–Crippen LogP) is -0.239. The van der Waals surface area contributed by atoms with E-state index in [1.54, 1.807) is 4.90 Å². The van der Waals surface area contributed by atoms with E-state index in [1.807, 2.05) is 13.8 Å². The Balaban J connectivity index is 2.48. The number of hydrogen-bond donors (Lipinski definition) is 2. The van der Waals surface area contributed by atoms with Crippen LogP contribution in [0.25, 0.3) is 0 Å². The summed E-state index contributed by atoms with van der Waals surface area (Å²) in [5, 5.41) is 2.74. The van der Waals surface area contributed by atoms with Gasteiger partial charge in [-0.05, 0) is 18.8 Å². The summed E-state index contributed by atoms with van der Waals surface area (Å²) < 4.78 is 23.7. The highest BCUT2D eigenvalue weighted by atomic mass is 32.2. The van der Waals surface area contributed by atoms with Crippen LogP contribution in [0.15, 0.2) is 0 Å². The number of nitrogens with zero attached hydrogens (tertiary/aromatic N) is 1. The average Bonchev–Trinajstić information content (AvgIpc) is 2.49. The number of likely N-dealkylation sites (tertiary alicyclic amines) is 1. The number of sulfone groups is 1. The van der Waals surface area contributed by atoms with E-state index >= 15 is 0 Å². The SMILES string of the molecule is CC(C)CS(=O)(=O)CCC(=O)N1CCCC(C(=O)NCCN)C1. The maximum atomic E-state index is 12.2. The van der Waals surface area contributed by atoms with Gasteiger partial charge in [0.25, 0.3) is 0 Å². The molecule has 0 aliphatic carbocycles. The van der Waals surface area contributed by atoms with Crippen LogP contribution in [0.5, 0.6) is 0 Å². The Morgan fingerprint density at radius 2 is 2.04 bits per heavy atom. The third-order valence-electron chi connectivity index (χ3n) is 3.80. The zero-order chi connectivity index (χ0) is 17.5. The molecule has 1 saturated heterocycles. The third-order valence-corrected chi connectivity index (χ3v) is 5.80. The van der Waals surface area contributed by atoms with Crippen molar-refractivity contribution < 1.29 is 18.0 Å². The Morgan fingerprint density at radius 3 is 2.65 bits per heavy atom. The Morgan fingerprint density at radius 1 is 1.35 bits per heavy atom. The molecule has 23 heavy (non-hydrogen) atoms. The third kappa shape index (κ3) is 7.30. The minimum Gasteiger partial charge on any atom is -0.355 e. The summed E-state index contributed by atoms with van der Waals surface area (Å²) in [6, 6.07) is 0. The molecule has 7 nitrogen and oxygen atoms in total. The van der Waals surface area contributed by atoms with Gasteiger partial charge < -0.3 is 16.0 Å². The highest BCUT2D eigenvalue weighted by Gasteiger charge is 2.28. The molecule has 1 fully saturated rings. The van der Waals surface area contributed by atoms with Gasteiger partial charge in [0.05, 0.1) is 17.4 Å². The first-order chi connectivity index (χ1) is 10.7. The Bertz CT molecular complexity index is 505. The molecule has 0 spiro atoms. The van der Waals surface area contributed by atoms with Crippen molar-refractivity contribution in [2.75, 3.05) is 37.7 Å². The van der Waals surface area contributed by atoms with E-state index in [2.05, 4.69) is 5.32 Å². The number of amides is 2. The first kappa shape index (κ1) is 19.9. The van der Waals surface area contributed by atoms with Crippen molar-refractivity contribution in [1.82, 2.24) is 10.2 Å². The molecule has 0 saturated carbocycles. The second-order valence-corrected chi connectivity index (χ2v) is 8.75. The van der Waals surface area contributed by atoms with Gasteiger partial charge in [-0.3, -0.25) is 9.59 Å². The van der Waals surface area contributed by atoms with E-state index in [0.29, 0.717) is 26.2 Å². The molecular formula is C15H29N3O4S. The van der Waals surface area contributed by atoms with Crippen LogP contribution in [0.1, 0.15) is 33.1 Å². The molecule has 1 unspecified atom stereocenters. The lowest BCUT2D eigenvalue weighted by Gasteiger charge is -2.32. The van der Waals surface area contributed by atoms with Crippen molar-refractivity contribution in [2.45, 2.75) is 33.1 Å². The number of carbonyl (C=O) groups is 2. The molecule has 1 aliphatic rings. The predicted molar refractivity (Wildman–Crippen MR) is 89.5 cm³/mol. The number of nitrogens with two attached hydrogens (primary N) is 1. The van der Waals surface area contributed by atoms with Gasteiger partial charge in [-0.15, -0.1) is 0 Å². The fourth-order valence-corrected chi connectivity index (χ4v) is 4.42. The largest absolute Gasteiger partial charge is 0.355 e. The van der Waals surface area contributed by atoms with Crippen LogP contribution < -0.4 is 11.1 Å². The summed E-state index contributed by atoms with van der Waals surface area (Å²) in [7, 11) is -3.20. The van der Waals surface area contributed by atoms with Crippen LogP contribution >= 0.6 is 0 Å². The number of carbonyl (C=O) groups excluding carboxylic acids is 2. The molecule has 0 aromatic heterocycles. The molecular weight excluding hydrogens is 318 g/mol. The van der Waals surface area contributed by atoms with E-state index in [9.17, 15) is 18.0 Å². The molecule has 1 aliphatic heterocycles. The maximum Gasteiger partial charge on any atom is 0.224 e. The fraction of sp³-hybridized carbons (Fsp3) is 0.867. The summed E-state index contributed by atoms with van der Waals surface area (Å²) >= 11 is 0. The van der Waals surface area contributed by atoms with Crippen LogP contribution in [-0.4, -0.2) is 62.8 Å². The van der Waals surface area contributed by atoms with Gasteiger partial charge in [0.15, 0.2) is 9.84 Å². The molecule has 0 aromatic rings. The van der Waals surface area contributed by atoms with E-state index < -0.39 is 9.84 Å². The topological polar surface area (TPSA) is 110 Å². The summed E-state index contributed by atoms with van der Waals surface area (Å²) in [5.41, 5.74) is 5.36. The number of rotatable bonds is 8. The van der Waals surface area contributed by atoms with Crippen LogP contribution in [0.4, 0.5) is 0 Å². The zero-order valence-electron chi connectivity index (χ0n) is 14.1. The molecule has 0 radical (unpaired) electrons. The summed E-state index contributed by atoms with van der Waals surface area (Å²) in [6.07, 6.45) is 1.49. The zero-order valence-corrected chi connectivity index (χ0v) is 14.9. The average molecular weight is 347 g/mol. The second-order valence-electron chi connectivity index (χ2n) is 6.52. The van der Waals surface area contributed by atoms with Gasteiger partial charge >= 0.3 is 0 Å². The Hall–Kier alpha value is -1.15. The summed E-state index contributed by atoms with van der Waals surface area (Å²) in [6.45, 7) is 5.44. The van der Waals surface area contributed by atoms with Crippen LogP contribution in [-0.2, 0) is 19.4 Å². The standard InChI is InChI=1S/C15H29N3O4S/c1-12(2)11-23(21,22)9-5-14(19)18-8-3-4-13(10-18)15(20)17-7-6-16/h12-13H,3-11,16H2,1-2H3,(H,17,20). The molecule has 0 bridgehead atoms. The van der Waals surface area contributed by atoms with Crippen LogP contribution in [0, 0.1) is 11.8 Å². The van der Waals surface area contributed by atoms with Gasteiger partial charge in [0.1, 0.15) is 0 Å². The van der Waals surface area contributed by atoms with Gasteiger partial charge in [0.2, 0.25) is 11.8 Å². The summed E-state index contributed by atoms with van der Waals surface area (Å²) in [4.78, 5) is 25.8. The Labute approximate surface area is 138 Å². The van der Waals surface area contributed by atoms with E-state index in [1.165, 1.54) is 0 Å². The first-order valence-electron chi connectivity index (χ1n) is 8.21. The van der Waals surface area contributed by atoms with E-state index in [0.717, 1.165) is 12.8 Å². The second kappa shape index (κ2) is 9.22. The van der Waals surface area contributed by atoms with Crippen molar-refractivity contribution in [3.05, 3.63) is 0 Å². The molecule has 1 atom stereocenters. The maximum absolute atomic E-state index is 12.2. The normalized spacial score (nSPS) is 19.0. The van der Waals surface area contributed by atoms with Gasteiger partial charge in [0, 0.05) is 32.6 Å². The van der Waals surface area contributed by atoms with Crippen LogP contribution in [0.2, 0.25) is 0 Å². The van der Waals surface area contributed by atoms with Crippen molar-refractivity contribution in [1.29, 1.82) is 0 Å². The minimum atomic E-state index is -3.20. The highest BCUT2D eigenvalue weighted by molar-refractivity contribution is 7.91. The lowest BCUT2D eigenvalue weighted by molar-refractivity contribution is -0.135. The molecule has 0 aromatic carbocycles. The quantitative estimate of drug-likeness (QED) is 0.630. The van der Waals surface area contributed by atoms with Gasteiger partial charge in [-0.1, -0.05) is 13.8 Å². The smallest absolute Gasteiger partial charge is 0.224 e. The van der Waals surface area contributed by atoms with E-state index in [-0.39, 0.29) is 41.6 Å². The number of nitrogens with one attached hydrogen (secondary N) is 1. The molecule has 8 heteroatoms. The molecule has 1 heterocycles. The van der Waals surface area contributed by atoms with Crippen molar-refractivity contribution in [3.63, 3.8) is 0 Å². The number of piperidine rings is 1. The van der Waals surface area contributed by atoms with E-state index in [4.69, 9.17) is 5.73 Å². The Kier molecular flexibility index (Phi) is 7.98. The summed E-state index contributed by atoms with van der Waals surface area (Å²) in [5.74, 6) is -0.462. The first-order valence-corrected chi connectivity index (χ1v) is 10.0. The van der Waals surface area contributed by atoms with Crippen molar-refractivity contribution >= 4 is 21.7 Å². The lowest BCUT2D eigenvalue weighted by Crippen LogP contribution is -2.46. The minimum absolute atomic E-state index is 0.00775. The van der Waals surface area contributed by atoms with Gasteiger partial charge in [-0.25, -0.2) is 8.42 Å².